The molecule has 0 radical (unpaired) electrons. The topological polar surface area (TPSA) is 64.8 Å². The third-order valence-electron chi connectivity index (χ3n) is 1.70. The average molecular weight is 385 g/mol. The maximum Gasteiger partial charge on any atom is 0.348 e. The lowest BCUT2D eigenvalue weighted by atomic mass is 10.4. The van der Waals surface area contributed by atoms with Gasteiger partial charge in [0.25, 0.3) is 0 Å². The Balaban J connectivity index is 3.45. The van der Waals surface area contributed by atoms with Crippen LogP contribution in [-0.2, 0) is 14.6 Å². The van der Waals surface area contributed by atoms with Crippen molar-refractivity contribution in [2.75, 3.05) is 12.9 Å². The van der Waals surface area contributed by atoms with E-state index >= 15 is 0 Å². The third kappa shape index (κ3) is 2.97. The van der Waals surface area contributed by atoms with E-state index in [9.17, 15) is 13.2 Å². The van der Waals surface area contributed by atoms with Gasteiger partial charge in [-0.15, -0.1) is 11.3 Å². The molecular formula is C9H8INO4S2. The second-order valence-corrected chi connectivity index (χ2v) is 7.30. The lowest BCUT2D eigenvalue weighted by molar-refractivity contribution is 0.0531. The Morgan fingerprint density at radius 1 is 1.59 bits per heavy atom. The second kappa shape index (κ2) is 5.32. The van der Waals surface area contributed by atoms with E-state index in [2.05, 4.69) is 4.85 Å². The molecular weight excluding hydrogens is 377 g/mol. The molecule has 0 saturated heterocycles. The monoisotopic (exact) mass is 385 g/mol. The maximum atomic E-state index is 11.6. The van der Waals surface area contributed by atoms with Crippen LogP contribution in [0.25, 0.3) is 4.85 Å². The largest absolute Gasteiger partial charge is 0.462 e. The summed E-state index contributed by atoms with van der Waals surface area (Å²) in [5.74, 6) is -0.596. The Kier molecular flexibility index (Phi) is 4.51. The fourth-order valence-electron chi connectivity index (χ4n) is 1.06. The highest BCUT2D eigenvalue weighted by molar-refractivity contribution is 14.1. The summed E-state index contributed by atoms with van der Waals surface area (Å²) in [5.41, 5.74) is 0.00107. The number of esters is 1. The normalized spacial score (nSPS) is 10.9. The van der Waals surface area contributed by atoms with Gasteiger partial charge in [0.05, 0.1) is 13.2 Å². The average Bonchev–Trinajstić information content (AvgIpc) is 2.55. The number of sulfone groups is 1. The van der Waals surface area contributed by atoms with Crippen molar-refractivity contribution in [3.8, 4) is 0 Å². The molecule has 0 fully saturated rings. The van der Waals surface area contributed by atoms with Crippen molar-refractivity contribution in [3.63, 3.8) is 0 Å². The summed E-state index contributed by atoms with van der Waals surface area (Å²) in [6, 6.07) is 0. The summed E-state index contributed by atoms with van der Waals surface area (Å²) in [6.07, 6.45) is 1.01. The van der Waals surface area contributed by atoms with Crippen LogP contribution in [0.3, 0.4) is 0 Å². The maximum absolute atomic E-state index is 11.6. The van der Waals surface area contributed by atoms with Gasteiger partial charge in [0.2, 0.25) is 5.69 Å². The van der Waals surface area contributed by atoms with Crippen molar-refractivity contribution in [1.29, 1.82) is 0 Å². The SMILES string of the molecule is [C-]#[N+]c1c(S(C)(=O)=O)sc(C(=O)OCC)c1I. The molecule has 0 amide bonds. The molecule has 0 atom stereocenters. The number of carbonyl (C=O) groups is 1. The van der Waals surface area contributed by atoms with Crippen molar-refractivity contribution in [2.45, 2.75) is 11.1 Å². The lowest BCUT2D eigenvalue weighted by Crippen LogP contribution is -2.03. The molecule has 0 aliphatic rings. The smallest absolute Gasteiger partial charge is 0.348 e. The molecule has 17 heavy (non-hydrogen) atoms. The van der Waals surface area contributed by atoms with Gasteiger partial charge in [-0.2, -0.15) is 0 Å². The zero-order valence-corrected chi connectivity index (χ0v) is 12.8. The number of hydrogen-bond donors (Lipinski definition) is 0. The number of halogens is 1. The summed E-state index contributed by atoms with van der Waals surface area (Å²) >= 11 is 2.57. The van der Waals surface area contributed by atoms with Crippen LogP contribution in [-0.4, -0.2) is 27.2 Å². The van der Waals surface area contributed by atoms with Crippen LogP contribution in [0.15, 0.2) is 4.21 Å². The van der Waals surface area contributed by atoms with E-state index in [1.165, 1.54) is 0 Å². The predicted octanol–water partition coefficient (Wildman–Crippen LogP) is 2.48. The first-order valence-electron chi connectivity index (χ1n) is 4.39. The molecule has 0 aromatic carbocycles. The molecule has 0 N–H and O–H groups in total. The Morgan fingerprint density at radius 2 is 2.18 bits per heavy atom. The second-order valence-electron chi connectivity index (χ2n) is 2.99. The molecule has 0 aliphatic heterocycles. The Bertz CT molecular complexity index is 597. The van der Waals surface area contributed by atoms with Crippen LogP contribution in [0.2, 0.25) is 0 Å². The van der Waals surface area contributed by atoms with E-state index in [0.29, 0.717) is 3.57 Å². The van der Waals surface area contributed by atoms with Crippen molar-refractivity contribution < 1.29 is 17.9 Å². The standard InChI is InChI=1S/C9H8INO4S2/c1-4-15-8(12)7-5(10)6(11-2)9(16-7)17(3,13)14/h4H2,1,3H3. The zero-order valence-electron chi connectivity index (χ0n) is 8.98. The van der Waals surface area contributed by atoms with Gasteiger partial charge in [0.15, 0.2) is 9.84 Å². The van der Waals surface area contributed by atoms with Crippen LogP contribution >= 0.6 is 33.9 Å². The molecule has 0 saturated carbocycles. The van der Waals surface area contributed by atoms with Crippen LogP contribution in [0.4, 0.5) is 5.69 Å². The van der Waals surface area contributed by atoms with Gasteiger partial charge in [0, 0.05) is 9.83 Å². The summed E-state index contributed by atoms with van der Waals surface area (Å²) in [7, 11) is -3.50. The quantitative estimate of drug-likeness (QED) is 0.456. The van der Waals surface area contributed by atoms with E-state index in [4.69, 9.17) is 11.3 Å². The number of hydrogen-bond acceptors (Lipinski definition) is 5. The minimum atomic E-state index is -3.50. The number of ether oxygens (including phenoxy) is 1. The van der Waals surface area contributed by atoms with Gasteiger partial charge >= 0.3 is 5.97 Å². The van der Waals surface area contributed by atoms with E-state index in [1.54, 1.807) is 29.5 Å². The molecule has 1 rings (SSSR count). The third-order valence-corrected chi connectivity index (χ3v) is 6.10. The van der Waals surface area contributed by atoms with Gasteiger partial charge in [-0.25, -0.2) is 18.1 Å². The number of thiophene rings is 1. The minimum Gasteiger partial charge on any atom is -0.462 e. The molecule has 0 bridgehead atoms. The van der Waals surface area contributed by atoms with E-state index in [-0.39, 0.29) is 21.4 Å². The van der Waals surface area contributed by atoms with Crippen molar-refractivity contribution in [2.24, 2.45) is 0 Å². The fourth-order valence-corrected chi connectivity index (χ4v) is 4.48. The van der Waals surface area contributed by atoms with Gasteiger partial charge in [-0.3, -0.25) is 0 Å². The van der Waals surface area contributed by atoms with Gasteiger partial charge in [0.1, 0.15) is 9.09 Å². The molecule has 0 aliphatic carbocycles. The first-order chi connectivity index (χ1) is 7.82. The molecule has 1 heterocycles. The van der Waals surface area contributed by atoms with Crippen LogP contribution in [0.5, 0.6) is 0 Å². The summed E-state index contributed by atoms with van der Waals surface area (Å²) in [5, 5.41) is 0. The fraction of sp³-hybridized carbons (Fsp3) is 0.333. The van der Waals surface area contributed by atoms with Gasteiger partial charge in [-0.1, -0.05) is 22.6 Å². The van der Waals surface area contributed by atoms with Crippen LogP contribution in [0, 0.1) is 10.1 Å². The summed E-state index contributed by atoms with van der Waals surface area (Å²) in [4.78, 5) is 14.9. The Labute approximate surface area is 117 Å². The number of rotatable bonds is 3. The molecule has 8 heteroatoms. The van der Waals surface area contributed by atoms with Crippen molar-refractivity contribution >= 4 is 55.4 Å². The number of nitrogens with zero attached hydrogens (tertiary/aromatic N) is 1. The predicted molar refractivity (Wildman–Crippen MR) is 72.4 cm³/mol. The van der Waals surface area contributed by atoms with Crippen LogP contribution < -0.4 is 0 Å². The van der Waals surface area contributed by atoms with Crippen molar-refractivity contribution in [1.82, 2.24) is 0 Å². The first-order valence-corrected chi connectivity index (χ1v) is 8.18. The summed E-state index contributed by atoms with van der Waals surface area (Å²) < 4.78 is 28.0. The molecule has 1 aromatic rings. The molecule has 0 spiro atoms. The van der Waals surface area contributed by atoms with E-state index < -0.39 is 15.8 Å². The highest BCUT2D eigenvalue weighted by Gasteiger charge is 2.27. The van der Waals surface area contributed by atoms with Gasteiger partial charge in [-0.05, 0) is 6.92 Å². The lowest BCUT2D eigenvalue weighted by Gasteiger charge is -1.98. The van der Waals surface area contributed by atoms with Crippen LogP contribution in [0.1, 0.15) is 16.6 Å². The zero-order chi connectivity index (χ0) is 13.2. The van der Waals surface area contributed by atoms with E-state index in [0.717, 1.165) is 17.6 Å². The molecule has 92 valence electrons. The summed E-state index contributed by atoms with van der Waals surface area (Å²) in [6.45, 7) is 8.83. The molecule has 1 aromatic heterocycles. The van der Waals surface area contributed by atoms with Crippen molar-refractivity contribution in [3.05, 3.63) is 19.9 Å². The minimum absolute atomic E-state index is 0.00107. The first kappa shape index (κ1) is 14.4. The highest BCUT2D eigenvalue weighted by atomic mass is 127. The Hall–Kier alpha value is -0.660. The molecule has 5 nitrogen and oxygen atoms in total. The Morgan fingerprint density at radius 3 is 2.53 bits per heavy atom. The van der Waals surface area contributed by atoms with Gasteiger partial charge < -0.3 is 4.74 Å². The number of carbonyl (C=O) groups excluding carboxylic acids is 1. The molecule has 0 unspecified atom stereocenters. The van der Waals surface area contributed by atoms with E-state index in [1.807, 2.05) is 0 Å². The highest BCUT2D eigenvalue weighted by Crippen LogP contribution is 2.40.